The van der Waals surface area contributed by atoms with Crippen molar-refractivity contribution >= 4 is 70.0 Å². The molecule has 0 aliphatic heterocycles. The van der Waals surface area contributed by atoms with Crippen LogP contribution in [0, 0.1) is 0 Å². The number of benzene rings is 2. The van der Waals surface area contributed by atoms with Crippen molar-refractivity contribution in [3.8, 4) is 0 Å². The maximum Gasteiger partial charge on any atom is 0.242 e. The molecular formula is C24H28Cl4N2O2S. The molecule has 1 unspecified atom stereocenters. The van der Waals surface area contributed by atoms with Gasteiger partial charge in [0.15, 0.2) is 0 Å². The van der Waals surface area contributed by atoms with Crippen LogP contribution in [0.3, 0.4) is 0 Å². The van der Waals surface area contributed by atoms with Gasteiger partial charge in [-0.1, -0.05) is 78.8 Å². The summed E-state index contributed by atoms with van der Waals surface area (Å²) in [6.45, 7) is 4.68. The van der Waals surface area contributed by atoms with Crippen molar-refractivity contribution in [2.45, 2.75) is 51.4 Å². The van der Waals surface area contributed by atoms with Crippen molar-refractivity contribution in [1.82, 2.24) is 10.2 Å². The van der Waals surface area contributed by atoms with Gasteiger partial charge in [-0.25, -0.2) is 0 Å². The van der Waals surface area contributed by atoms with Crippen molar-refractivity contribution in [2.24, 2.45) is 0 Å². The van der Waals surface area contributed by atoms with Crippen LogP contribution < -0.4 is 5.32 Å². The highest BCUT2D eigenvalue weighted by atomic mass is 35.5. The molecule has 9 heteroatoms. The number of carbonyl (C=O) groups is 2. The Morgan fingerprint density at radius 2 is 1.70 bits per heavy atom. The van der Waals surface area contributed by atoms with Crippen molar-refractivity contribution in [2.75, 3.05) is 12.3 Å². The fraction of sp³-hybridized carbons (Fsp3) is 0.417. The maximum absolute atomic E-state index is 13.3. The zero-order valence-corrected chi connectivity index (χ0v) is 22.5. The van der Waals surface area contributed by atoms with E-state index in [9.17, 15) is 9.59 Å². The normalized spacial score (nSPS) is 11.8. The lowest BCUT2D eigenvalue weighted by Gasteiger charge is -2.31. The minimum Gasteiger partial charge on any atom is -0.354 e. The average Bonchev–Trinajstić information content (AvgIpc) is 2.78. The Balaban J connectivity index is 2.17. The van der Waals surface area contributed by atoms with Crippen LogP contribution >= 0.6 is 58.2 Å². The van der Waals surface area contributed by atoms with E-state index in [1.54, 1.807) is 35.2 Å². The third-order valence-electron chi connectivity index (χ3n) is 5.08. The fourth-order valence-electron chi connectivity index (χ4n) is 3.25. The van der Waals surface area contributed by atoms with E-state index < -0.39 is 6.04 Å². The topological polar surface area (TPSA) is 49.4 Å². The highest BCUT2D eigenvalue weighted by Gasteiger charge is 2.29. The summed E-state index contributed by atoms with van der Waals surface area (Å²) in [5, 5.41) is 4.84. The number of nitrogens with one attached hydrogen (secondary N) is 1. The molecule has 0 aliphatic rings. The Bertz CT molecular complexity index is 938. The molecule has 0 saturated carbocycles. The predicted octanol–water partition coefficient (Wildman–Crippen LogP) is 7.26. The molecule has 2 aromatic rings. The average molecular weight is 550 g/mol. The Hall–Kier alpha value is -1.11. The van der Waals surface area contributed by atoms with E-state index in [0.717, 1.165) is 18.4 Å². The fourth-order valence-corrected chi connectivity index (χ4v) is 4.94. The molecule has 0 aliphatic carbocycles. The van der Waals surface area contributed by atoms with Gasteiger partial charge in [0.05, 0.1) is 15.8 Å². The third kappa shape index (κ3) is 8.56. The molecule has 1 atom stereocenters. The van der Waals surface area contributed by atoms with Gasteiger partial charge in [0, 0.05) is 34.5 Å². The summed E-state index contributed by atoms with van der Waals surface area (Å²) in [6.07, 6.45) is 2.33. The maximum atomic E-state index is 13.3. The van der Waals surface area contributed by atoms with Gasteiger partial charge < -0.3 is 10.2 Å². The van der Waals surface area contributed by atoms with Crippen LogP contribution in [0.5, 0.6) is 0 Å². The summed E-state index contributed by atoms with van der Waals surface area (Å²) in [4.78, 5) is 27.8. The van der Waals surface area contributed by atoms with Crippen molar-refractivity contribution in [3.05, 3.63) is 67.6 Å². The molecule has 0 heterocycles. The number of carbonyl (C=O) groups excluding carboxylic acids is 2. The highest BCUT2D eigenvalue weighted by molar-refractivity contribution is 7.99. The van der Waals surface area contributed by atoms with Crippen molar-refractivity contribution < 1.29 is 9.59 Å². The van der Waals surface area contributed by atoms with Crippen LogP contribution in [0.2, 0.25) is 20.1 Å². The molecule has 4 nitrogen and oxygen atoms in total. The molecule has 0 bridgehead atoms. The number of thioether (sulfide) groups is 1. The van der Waals surface area contributed by atoms with Gasteiger partial charge in [-0.2, -0.15) is 0 Å². The second kappa shape index (κ2) is 14.3. The monoisotopic (exact) mass is 548 g/mol. The van der Waals surface area contributed by atoms with Crippen LogP contribution in [0.15, 0.2) is 36.4 Å². The van der Waals surface area contributed by atoms with Crippen molar-refractivity contribution in [1.29, 1.82) is 0 Å². The zero-order chi connectivity index (χ0) is 24.4. The molecule has 33 heavy (non-hydrogen) atoms. The van der Waals surface area contributed by atoms with Crippen molar-refractivity contribution in [3.63, 3.8) is 0 Å². The highest BCUT2D eigenvalue weighted by Crippen LogP contribution is 2.28. The minimum absolute atomic E-state index is 0.157. The molecule has 180 valence electrons. The predicted molar refractivity (Wildman–Crippen MR) is 142 cm³/mol. The molecule has 0 spiro atoms. The van der Waals surface area contributed by atoms with Crippen LogP contribution in [-0.2, 0) is 21.9 Å². The SMILES string of the molecule is CCCCNC(=O)C(CC)N(Cc1c(Cl)cccc1Cl)C(=O)CSCc1ccc(Cl)c(Cl)c1. The van der Waals surface area contributed by atoms with Crippen LogP contribution in [0.25, 0.3) is 0 Å². The van der Waals surface area contributed by atoms with Crippen LogP contribution in [0.1, 0.15) is 44.2 Å². The molecule has 0 saturated heterocycles. The van der Waals surface area contributed by atoms with Gasteiger partial charge in [0.25, 0.3) is 0 Å². The molecule has 2 aromatic carbocycles. The smallest absolute Gasteiger partial charge is 0.242 e. The molecule has 1 N–H and O–H groups in total. The Morgan fingerprint density at radius 3 is 2.30 bits per heavy atom. The second-order valence-corrected chi connectivity index (χ2v) is 10.1. The first-order valence-electron chi connectivity index (χ1n) is 10.8. The van der Waals surface area contributed by atoms with Gasteiger partial charge in [0.2, 0.25) is 11.8 Å². The van der Waals surface area contributed by atoms with Gasteiger partial charge in [-0.3, -0.25) is 9.59 Å². The standard InChI is InChI=1S/C24H28Cl4N2O2S/c1-3-5-11-29-24(32)22(4-2)30(13-17-18(25)7-6-8-19(17)26)23(31)15-33-14-16-9-10-20(27)21(28)12-16/h6-10,12,22H,3-5,11,13-15H2,1-2H3,(H,29,32). The van der Waals surface area contributed by atoms with Gasteiger partial charge in [-0.15, -0.1) is 11.8 Å². The molecule has 0 aromatic heterocycles. The molecule has 0 fully saturated rings. The summed E-state index contributed by atoms with van der Waals surface area (Å²) in [5.41, 5.74) is 1.59. The first-order valence-corrected chi connectivity index (χ1v) is 13.5. The number of rotatable bonds is 12. The Kier molecular flexibility index (Phi) is 12.2. The molecule has 2 amide bonds. The summed E-state index contributed by atoms with van der Waals surface area (Å²) in [6, 6.07) is 10.00. The van der Waals surface area contributed by atoms with E-state index in [2.05, 4.69) is 12.2 Å². The first kappa shape index (κ1) is 28.1. The first-order chi connectivity index (χ1) is 15.8. The number of amides is 2. The minimum atomic E-state index is -0.618. The number of nitrogens with zero attached hydrogens (tertiary/aromatic N) is 1. The zero-order valence-electron chi connectivity index (χ0n) is 18.7. The third-order valence-corrected chi connectivity index (χ3v) is 7.52. The molecule has 2 rings (SSSR count). The van der Waals surface area contributed by atoms with E-state index in [0.29, 0.717) is 44.4 Å². The van der Waals surface area contributed by atoms with Gasteiger partial charge in [0.1, 0.15) is 6.04 Å². The summed E-state index contributed by atoms with van der Waals surface area (Å²) in [7, 11) is 0. The van der Waals surface area contributed by atoms with Crippen LogP contribution in [0.4, 0.5) is 0 Å². The van der Waals surface area contributed by atoms with E-state index >= 15 is 0 Å². The Morgan fingerprint density at radius 1 is 1.00 bits per heavy atom. The summed E-state index contributed by atoms with van der Waals surface area (Å²) >= 11 is 26.2. The van der Waals surface area contributed by atoms with E-state index in [-0.39, 0.29) is 24.1 Å². The van der Waals surface area contributed by atoms with Gasteiger partial charge in [-0.05, 0) is 42.7 Å². The number of hydrogen-bond acceptors (Lipinski definition) is 3. The van der Waals surface area contributed by atoms with E-state index in [1.807, 2.05) is 13.0 Å². The number of unbranched alkanes of at least 4 members (excludes halogenated alkanes) is 1. The number of halogens is 4. The second-order valence-electron chi connectivity index (χ2n) is 7.53. The summed E-state index contributed by atoms with van der Waals surface area (Å²) < 4.78 is 0. The van der Waals surface area contributed by atoms with E-state index in [4.69, 9.17) is 46.4 Å². The Labute approximate surface area is 220 Å². The lowest BCUT2D eigenvalue weighted by atomic mass is 10.1. The quantitative estimate of drug-likeness (QED) is 0.283. The molecular weight excluding hydrogens is 522 g/mol. The lowest BCUT2D eigenvalue weighted by Crippen LogP contribution is -2.49. The summed E-state index contributed by atoms with van der Waals surface area (Å²) in [5.74, 6) is 0.453. The van der Waals surface area contributed by atoms with Gasteiger partial charge >= 0.3 is 0 Å². The number of hydrogen-bond donors (Lipinski definition) is 1. The van der Waals surface area contributed by atoms with Crippen LogP contribution in [-0.4, -0.2) is 35.1 Å². The largest absolute Gasteiger partial charge is 0.354 e. The van der Waals surface area contributed by atoms with E-state index in [1.165, 1.54) is 11.8 Å². The molecule has 0 radical (unpaired) electrons. The lowest BCUT2D eigenvalue weighted by molar-refractivity contribution is -0.139.